The first-order valence-electron chi connectivity index (χ1n) is 5.00. The van der Waals surface area contributed by atoms with Crippen molar-refractivity contribution in [3.05, 3.63) is 11.3 Å². The highest BCUT2D eigenvalue weighted by Crippen LogP contribution is 2.22. The van der Waals surface area contributed by atoms with Gasteiger partial charge in [0.2, 0.25) is 0 Å². The molecule has 2 N–H and O–H groups in total. The van der Waals surface area contributed by atoms with Crippen molar-refractivity contribution >= 4 is 5.82 Å². The molecule has 0 bridgehead atoms. The van der Waals surface area contributed by atoms with Crippen molar-refractivity contribution in [2.24, 2.45) is 7.05 Å². The third-order valence-corrected chi connectivity index (χ3v) is 2.37. The normalized spacial score (nSPS) is 12.9. The van der Waals surface area contributed by atoms with Gasteiger partial charge in [0.15, 0.2) is 0 Å². The summed E-state index contributed by atoms with van der Waals surface area (Å²) >= 11 is 0. The van der Waals surface area contributed by atoms with E-state index < -0.39 is 6.10 Å². The lowest BCUT2D eigenvalue weighted by molar-refractivity contribution is 0.201. The summed E-state index contributed by atoms with van der Waals surface area (Å²) in [5.74, 6) is 0.857. The average Bonchev–Trinajstić information content (AvgIpc) is 2.38. The Morgan fingerprint density at radius 1 is 1.53 bits per heavy atom. The lowest BCUT2D eigenvalue weighted by Crippen LogP contribution is -2.29. The Bertz CT molecular complexity index is 334. The number of aryl methyl sites for hydroxylation is 2. The van der Waals surface area contributed by atoms with Crippen molar-refractivity contribution in [2.45, 2.75) is 26.6 Å². The minimum atomic E-state index is -0.406. The Hall–Kier alpha value is -1.07. The summed E-state index contributed by atoms with van der Waals surface area (Å²) < 4.78 is 1.73. The van der Waals surface area contributed by atoms with Crippen LogP contribution in [0.2, 0.25) is 0 Å². The van der Waals surface area contributed by atoms with Gasteiger partial charge in [-0.25, -0.2) is 0 Å². The molecule has 0 aliphatic carbocycles. The molecule has 0 spiro atoms. The monoisotopic (exact) mass is 213 g/mol. The molecule has 15 heavy (non-hydrogen) atoms. The van der Waals surface area contributed by atoms with Crippen molar-refractivity contribution in [3.8, 4) is 0 Å². The quantitative estimate of drug-likeness (QED) is 0.741. The van der Waals surface area contributed by atoms with Crippen LogP contribution in [-0.2, 0) is 13.7 Å². The van der Waals surface area contributed by atoms with Crippen molar-refractivity contribution in [3.63, 3.8) is 0 Å². The minimum Gasteiger partial charge on any atom is -0.392 e. The van der Waals surface area contributed by atoms with Crippen LogP contribution in [0.4, 0.5) is 5.82 Å². The topological polar surface area (TPSA) is 61.5 Å². The summed E-state index contributed by atoms with van der Waals surface area (Å²) in [6.07, 6.45) is -0.406. The van der Waals surface area contributed by atoms with Crippen LogP contribution in [0.25, 0.3) is 0 Å². The fraction of sp³-hybridized carbons (Fsp3) is 0.700. The van der Waals surface area contributed by atoms with Crippen LogP contribution < -0.4 is 4.90 Å². The summed E-state index contributed by atoms with van der Waals surface area (Å²) in [5, 5.41) is 22.8. The zero-order valence-electron chi connectivity index (χ0n) is 9.73. The molecular weight excluding hydrogens is 194 g/mol. The number of hydrogen-bond acceptors (Lipinski definition) is 4. The number of nitrogens with zero attached hydrogens (tertiary/aromatic N) is 3. The molecule has 5 nitrogen and oxygen atoms in total. The fourth-order valence-corrected chi connectivity index (χ4v) is 1.84. The molecule has 0 saturated heterocycles. The molecule has 1 atom stereocenters. The maximum Gasteiger partial charge on any atom is 0.132 e. The third kappa shape index (κ3) is 2.49. The standard InChI is InChI=1S/C10H19N3O2/c1-7(15)5-12(3)10-9(6-14)8(2)11-13(10)4/h7,14-15H,5-6H2,1-4H3. The molecule has 1 unspecified atom stereocenters. The number of anilines is 1. The zero-order chi connectivity index (χ0) is 11.6. The second-order valence-electron chi connectivity index (χ2n) is 3.90. The van der Waals surface area contributed by atoms with Gasteiger partial charge in [-0.1, -0.05) is 0 Å². The molecule has 86 valence electrons. The van der Waals surface area contributed by atoms with E-state index in [1.54, 1.807) is 11.6 Å². The van der Waals surface area contributed by atoms with E-state index in [-0.39, 0.29) is 6.61 Å². The number of aromatic nitrogens is 2. The van der Waals surface area contributed by atoms with E-state index >= 15 is 0 Å². The molecule has 0 radical (unpaired) electrons. The van der Waals surface area contributed by atoms with Gasteiger partial charge in [-0.05, 0) is 13.8 Å². The highest BCUT2D eigenvalue weighted by molar-refractivity contribution is 5.49. The number of hydrogen-bond donors (Lipinski definition) is 2. The fourth-order valence-electron chi connectivity index (χ4n) is 1.84. The Kier molecular flexibility index (Phi) is 3.71. The minimum absolute atomic E-state index is 0.0286. The Labute approximate surface area is 89.9 Å². The van der Waals surface area contributed by atoms with Gasteiger partial charge >= 0.3 is 0 Å². The molecule has 0 fully saturated rings. The number of aliphatic hydroxyl groups excluding tert-OH is 2. The van der Waals surface area contributed by atoms with E-state index in [1.165, 1.54) is 0 Å². The van der Waals surface area contributed by atoms with Gasteiger partial charge in [0.1, 0.15) is 5.82 Å². The van der Waals surface area contributed by atoms with Crippen LogP contribution in [-0.4, -0.2) is 39.7 Å². The lowest BCUT2D eigenvalue weighted by Gasteiger charge is -2.21. The van der Waals surface area contributed by atoms with E-state index in [0.29, 0.717) is 6.54 Å². The van der Waals surface area contributed by atoms with E-state index in [0.717, 1.165) is 17.1 Å². The van der Waals surface area contributed by atoms with E-state index in [9.17, 15) is 10.2 Å². The van der Waals surface area contributed by atoms with Crippen LogP contribution in [0.5, 0.6) is 0 Å². The summed E-state index contributed by atoms with van der Waals surface area (Å²) in [7, 11) is 3.71. The first kappa shape index (κ1) is 12.0. The van der Waals surface area contributed by atoms with Gasteiger partial charge in [0.05, 0.1) is 18.4 Å². The van der Waals surface area contributed by atoms with E-state index in [2.05, 4.69) is 5.10 Å². The Morgan fingerprint density at radius 3 is 2.60 bits per heavy atom. The van der Waals surface area contributed by atoms with Crippen LogP contribution >= 0.6 is 0 Å². The third-order valence-electron chi connectivity index (χ3n) is 2.37. The number of rotatable bonds is 4. The van der Waals surface area contributed by atoms with E-state index in [4.69, 9.17) is 0 Å². The van der Waals surface area contributed by atoms with Crippen LogP contribution in [0.3, 0.4) is 0 Å². The summed E-state index contributed by atoms with van der Waals surface area (Å²) in [6.45, 7) is 4.09. The summed E-state index contributed by atoms with van der Waals surface area (Å²) in [6, 6.07) is 0. The Morgan fingerprint density at radius 2 is 2.13 bits per heavy atom. The van der Waals surface area contributed by atoms with Crippen molar-refractivity contribution in [2.75, 3.05) is 18.5 Å². The first-order chi connectivity index (χ1) is 6.97. The Balaban J connectivity index is 3.01. The van der Waals surface area contributed by atoms with Crippen molar-refractivity contribution < 1.29 is 10.2 Å². The number of likely N-dealkylation sites (N-methyl/N-ethyl adjacent to an activating group) is 1. The predicted octanol–water partition coefficient (Wildman–Crippen LogP) is 0.0378. The molecule has 0 aromatic carbocycles. The molecule has 0 aliphatic heterocycles. The second-order valence-corrected chi connectivity index (χ2v) is 3.90. The molecule has 0 aliphatic rings. The predicted molar refractivity (Wildman–Crippen MR) is 58.8 cm³/mol. The molecule has 0 saturated carbocycles. The van der Waals surface area contributed by atoms with Gasteiger partial charge in [-0.2, -0.15) is 5.10 Å². The highest BCUT2D eigenvalue weighted by Gasteiger charge is 2.16. The van der Waals surface area contributed by atoms with Crippen LogP contribution in [0.1, 0.15) is 18.2 Å². The maximum absolute atomic E-state index is 9.31. The molecule has 5 heteroatoms. The largest absolute Gasteiger partial charge is 0.392 e. The highest BCUT2D eigenvalue weighted by atomic mass is 16.3. The van der Waals surface area contributed by atoms with Crippen molar-refractivity contribution in [1.29, 1.82) is 0 Å². The average molecular weight is 213 g/mol. The second kappa shape index (κ2) is 4.63. The number of aliphatic hydroxyl groups is 2. The van der Waals surface area contributed by atoms with Crippen molar-refractivity contribution in [1.82, 2.24) is 9.78 Å². The molecular formula is C10H19N3O2. The van der Waals surface area contributed by atoms with E-state index in [1.807, 2.05) is 25.9 Å². The smallest absolute Gasteiger partial charge is 0.132 e. The summed E-state index contributed by atoms with van der Waals surface area (Å²) in [5.41, 5.74) is 1.65. The summed E-state index contributed by atoms with van der Waals surface area (Å²) in [4.78, 5) is 1.90. The molecule has 1 rings (SSSR count). The van der Waals surface area contributed by atoms with Gasteiger partial charge < -0.3 is 15.1 Å². The molecule has 1 aromatic heterocycles. The lowest BCUT2D eigenvalue weighted by atomic mass is 10.2. The van der Waals surface area contributed by atoms with Gasteiger partial charge in [0.25, 0.3) is 0 Å². The maximum atomic E-state index is 9.31. The SMILES string of the molecule is Cc1nn(C)c(N(C)CC(C)O)c1CO. The van der Waals surface area contributed by atoms with Gasteiger partial charge in [-0.15, -0.1) is 0 Å². The van der Waals surface area contributed by atoms with Gasteiger partial charge in [-0.3, -0.25) is 4.68 Å². The van der Waals surface area contributed by atoms with Crippen LogP contribution in [0, 0.1) is 6.92 Å². The molecule has 1 heterocycles. The van der Waals surface area contributed by atoms with Gasteiger partial charge in [0, 0.05) is 26.2 Å². The molecule has 1 aromatic rings. The first-order valence-corrected chi connectivity index (χ1v) is 5.00. The van der Waals surface area contributed by atoms with Crippen LogP contribution in [0.15, 0.2) is 0 Å². The molecule has 0 amide bonds. The zero-order valence-corrected chi connectivity index (χ0v) is 9.73.